The van der Waals surface area contributed by atoms with Crippen LogP contribution in [0.5, 0.6) is 17.2 Å². The number of nitrogens with zero attached hydrogens (tertiary/aromatic N) is 1. The molecule has 0 saturated heterocycles. The Hall–Kier alpha value is -3.05. The van der Waals surface area contributed by atoms with Crippen LogP contribution in [0.2, 0.25) is 0 Å². The Morgan fingerprint density at radius 2 is 1.72 bits per heavy atom. The molecule has 4 rings (SSSR count). The number of rotatable bonds is 8. The van der Waals surface area contributed by atoms with E-state index in [9.17, 15) is 4.39 Å². The molecule has 0 amide bonds. The summed E-state index contributed by atoms with van der Waals surface area (Å²) < 4.78 is 30.4. The van der Waals surface area contributed by atoms with Gasteiger partial charge >= 0.3 is 0 Å². The van der Waals surface area contributed by atoms with Crippen LogP contribution >= 0.6 is 0 Å². The fourth-order valence-electron chi connectivity index (χ4n) is 3.40. The molecule has 0 saturated carbocycles. The molecule has 1 aliphatic heterocycles. The molecular formula is C24H24FNO3. The summed E-state index contributed by atoms with van der Waals surface area (Å²) in [7, 11) is 2.10. The maximum Gasteiger partial charge on any atom is 0.231 e. The molecule has 0 aliphatic carbocycles. The zero-order chi connectivity index (χ0) is 20.1. The SMILES string of the molecule is CN(CCC(Oc1ccc(F)cc1)c1ccc2c(c1)OCO2)Cc1ccccc1. The van der Waals surface area contributed by atoms with Gasteiger partial charge in [0, 0.05) is 19.5 Å². The third-order valence-electron chi connectivity index (χ3n) is 4.93. The van der Waals surface area contributed by atoms with Crippen molar-refractivity contribution in [3.05, 3.63) is 89.7 Å². The molecule has 0 spiro atoms. The zero-order valence-corrected chi connectivity index (χ0v) is 16.4. The second-order valence-corrected chi connectivity index (χ2v) is 7.19. The van der Waals surface area contributed by atoms with Crippen molar-refractivity contribution >= 4 is 0 Å². The normalized spacial score (nSPS) is 13.5. The summed E-state index contributed by atoms with van der Waals surface area (Å²) in [6.45, 7) is 1.95. The van der Waals surface area contributed by atoms with Crippen LogP contribution in [0.15, 0.2) is 72.8 Å². The summed E-state index contributed by atoms with van der Waals surface area (Å²) in [5.74, 6) is 1.84. The Bertz CT molecular complexity index is 931. The van der Waals surface area contributed by atoms with Gasteiger partial charge in [0.05, 0.1) is 0 Å². The molecule has 1 aliphatic rings. The van der Waals surface area contributed by atoms with Crippen LogP contribution in [0.3, 0.4) is 0 Å². The quantitative estimate of drug-likeness (QED) is 0.527. The molecule has 0 fully saturated rings. The summed E-state index contributed by atoms with van der Waals surface area (Å²) in [5, 5.41) is 0. The van der Waals surface area contributed by atoms with Gasteiger partial charge in [0.2, 0.25) is 6.79 Å². The van der Waals surface area contributed by atoms with E-state index in [2.05, 4.69) is 36.2 Å². The number of fused-ring (bicyclic) bond motifs is 1. The topological polar surface area (TPSA) is 30.9 Å². The van der Waals surface area contributed by atoms with E-state index in [4.69, 9.17) is 14.2 Å². The van der Waals surface area contributed by atoms with E-state index >= 15 is 0 Å². The Labute approximate surface area is 170 Å². The van der Waals surface area contributed by atoms with Gasteiger partial charge in [-0.15, -0.1) is 0 Å². The summed E-state index contributed by atoms with van der Waals surface area (Å²) in [6, 6.07) is 22.4. The van der Waals surface area contributed by atoms with Crippen molar-refractivity contribution in [1.29, 1.82) is 0 Å². The lowest BCUT2D eigenvalue weighted by Crippen LogP contribution is -2.22. The fourth-order valence-corrected chi connectivity index (χ4v) is 3.40. The standard InChI is InChI=1S/C24H24FNO3/c1-26(16-18-5-3-2-4-6-18)14-13-22(29-21-10-8-20(25)9-11-21)19-7-12-23-24(15-19)28-17-27-23/h2-12,15,22H,13-14,16-17H2,1H3. The highest BCUT2D eigenvalue weighted by Gasteiger charge is 2.20. The minimum absolute atomic E-state index is 0.187. The molecule has 29 heavy (non-hydrogen) atoms. The van der Waals surface area contributed by atoms with E-state index in [1.54, 1.807) is 12.1 Å². The predicted octanol–water partition coefficient (Wildman–Crippen LogP) is 5.20. The fraction of sp³-hybridized carbons (Fsp3) is 0.250. The van der Waals surface area contributed by atoms with Crippen LogP contribution < -0.4 is 14.2 Å². The van der Waals surface area contributed by atoms with Gasteiger partial charge in [0.1, 0.15) is 17.7 Å². The van der Waals surface area contributed by atoms with E-state index in [0.29, 0.717) is 5.75 Å². The Morgan fingerprint density at radius 3 is 2.52 bits per heavy atom. The number of hydrogen-bond donors (Lipinski definition) is 0. The van der Waals surface area contributed by atoms with Crippen molar-refractivity contribution in [2.45, 2.75) is 19.1 Å². The first kappa shape index (κ1) is 19.3. The Kier molecular flexibility index (Phi) is 5.96. The highest BCUT2D eigenvalue weighted by Crippen LogP contribution is 2.36. The van der Waals surface area contributed by atoms with Crippen molar-refractivity contribution in [1.82, 2.24) is 4.90 Å². The lowest BCUT2D eigenvalue weighted by atomic mass is 10.0. The molecule has 3 aromatic rings. The summed E-state index contributed by atoms with van der Waals surface area (Å²) >= 11 is 0. The first-order chi connectivity index (χ1) is 14.2. The minimum atomic E-state index is -0.278. The van der Waals surface area contributed by atoms with Crippen LogP contribution in [0.25, 0.3) is 0 Å². The first-order valence-electron chi connectivity index (χ1n) is 9.71. The molecule has 3 aromatic carbocycles. The summed E-state index contributed by atoms with van der Waals surface area (Å²) in [4.78, 5) is 2.27. The Morgan fingerprint density at radius 1 is 0.966 bits per heavy atom. The van der Waals surface area contributed by atoms with Crippen molar-refractivity contribution in [3.63, 3.8) is 0 Å². The molecule has 150 valence electrons. The molecule has 1 heterocycles. The van der Waals surface area contributed by atoms with Crippen LogP contribution in [0, 0.1) is 5.82 Å². The van der Waals surface area contributed by atoms with E-state index in [0.717, 1.165) is 36.6 Å². The Balaban J connectivity index is 1.47. The van der Waals surface area contributed by atoms with Gasteiger partial charge < -0.3 is 19.1 Å². The number of halogens is 1. The first-order valence-corrected chi connectivity index (χ1v) is 9.71. The molecule has 1 atom stereocenters. The van der Waals surface area contributed by atoms with E-state index in [1.165, 1.54) is 17.7 Å². The lowest BCUT2D eigenvalue weighted by Gasteiger charge is -2.23. The molecule has 0 radical (unpaired) electrons. The van der Waals surface area contributed by atoms with Gasteiger partial charge in [0.15, 0.2) is 11.5 Å². The average Bonchev–Trinajstić information content (AvgIpc) is 3.21. The van der Waals surface area contributed by atoms with E-state index in [1.807, 2.05) is 24.3 Å². The number of hydrogen-bond acceptors (Lipinski definition) is 4. The third-order valence-corrected chi connectivity index (χ3v) is 4.93. The number of benzene rings is 3. The van der Waals surface area contributed by atoms with Gasteiger partial charge in [0.25, 0.3) is 0 Å². The monoisotopic (exact) mass is 393 g/mol. The summed E-state index contributed by atoms with van der Waals surface area (Å²) in [5.41, 5.74) is 2.28. The van der Waals surface area contributed by atoms with Crippen molar-refractivity contribution < 1.29 is 18.6 Å². The van der Waals surface area contributed by atoms with Crippen molar-refractivity contribution in [2.24, 2.45) is 0 Å². The van der Waals surface area contributed by atoms with E-state index in [-0.39, 0.29) is 18.7 Å². The third kappa shape index (κ3) is 5.06. The highest BCUT2D eigenvalue weighted by atomic mass is 19.1. The maximum absolute atomic E-state index is 13.3. The molecule has 0 N–H and O–H groups in total. The van der Waals surface area contributed by atoms with Gasteiger partial charge in [-0.3, -0.25) is 0 Å². The molecule has 0 aromatic heterocycles. The second-order valence-electron chi connectivity index (χ2n) is 7.19. The predicted molar refractivity (Wildman–Crippen MR) is 110 cm³/mol. The van der Waals surface area contributed by atoms with Crippen LogP contribution in [-0.2, 0) is 6.54 Å². The van der Waals surface area contributed by atoms with Gasteiger partial charge in [-0.1, -0.05) is 36.4 Å². The zero-order valence-electron chi connectivity index (χ0n) is 16.4. The van der Waals surface area contributed by atoms with Crippen LogP contribution in [0.1, 0.15) is 23.7 Å². The van der Waals surface area contributed by atoms with Crippen LogP contribution in [-0.4, -0.2) is 25.3 Å². The molecule has 5 heteroatoms. The molecule has 0 bridgehead atoms. The second kappa shape index (κ2) is 8.97. The minimum Gasteiger partial charge on any atom is -0.486 e. The van der Waals surface area contributed by atoms with Gasteiger partial charge in [-0.2, -0.15) is 0 Å². The van der Waals surface area contributed by atoms with Gasteiger partial charge in [-0.25, -0.2) is 4.39 Å². The lowest BCUT2D eigenvalue weighted by molar-refractivity contribution is 0.168. The maximum atomic E-state index is 13.3. The molecule has 1 unspecified atom stereocenters. The summed E-state index contributed by atoms with van der Waals surface area (Å²) in [6.07, 6.45) is 0.591. The molecule has 4 nitrogen and oxygen atoms in total. The van der Waals surface area contributed by atoms with E-state index < -0.39 is 0 Å². The molecular weight excluding hydrogens is 369 g/mol. The average molecular weight is 393 g/mol. The van der Waals surface area contributed by atoms with Crippen molar-refractivity contribution in [3.8, 4) is 17.2 Å². The smallest absolute Gasteiger partial charge is 0.231 e. The highest BCUT2D eigenvalue weighted by molar-refractivity contribution is 5.45. The largest absolute Gasteiger partial charge is 0.486 e. The van der Waals surface area contributed by atoms with Crippen molar-refractivity contribution in [2.75, 3.05) is 20.4 Å². The van der Waals surface area contributed by atoms with Gasteiger partial charge in [-0.05, 0) is 54.6 Å². The number of ether oxygens (including phenoxy) is 3. The van der Waals surface area contributed by atoms with Crippen LogP contribution in [0.4, 0.5) is 4.39 Å².